The molecule has 0 amide bonds. The van der Waals surface area contributed by atoms with Crippen molar-refractivity contribution in [1.82, 2.24) is 0 Å². The first kappa shape index (κ1) is 16.1. The second-order valence-electron chi connectivity index (χ2n) is 4.68. The van der Waals surface area contributed by atoms with Gasteiger partial charge in [-0.05, 0) is 25.2 Å². The highest BCUT2D eigenvalue weighted by Gasteiger charge is 2.17. The van der Waals surface area contributed by atoms with Crippen LogP contribution in [0.2, 0.25) is 0 Å². The normalized spacial score (nSPS) is 15.0. The molecule has 1 unspecified atom stereocenters. The number of rotatable bonds is 7. The minimum Gasteiger partial charge on any atom is -0.516 e. The van der Waals surface area contributed by atoms with Crippen molar-refractivity contribution < 1.29 is 9.05 Å². The van der Waals surface area contributed by atoms with Gasteiger partial charge >= 0.3 is 0 Å². The molecule has 0 rings (SSSR count). The summed E-state index contributed by atoms with van der Waals surface area (Å²) in [5.41, 5.74) is 0. The summed E-state index contributed by atoms with van der Waals surface area (Å²) < 4.78 is 11.1. The van der Waals surface area contributed by atoms with E-state index in [0.29, 0.717) is 18.4 Å². The van der Waals surface area contributed by atoms with Crippen LogP contribution in [0.5, 0.6) is 0 Å². The van der Waals surface area contributed by atoms with Crippen molar-refractivity contribution in [2.45, 2.75) is 47.1 Å². The fraction of sp³-hybridized carbons (Fsp3) is 1.00. The minimum atomic E-state index is -2.44. The molecule has 0 saturated carbocycles. The van der Waals surface area contributed by atoms with E-state index in [1.807, 2.05) is 6.92 Å². The highest BCUT2D eigenvalue weighted by Crippen LogP contribution is 2.58. The lowest BCUT2D eigenvalue weighted by atomic mass is 10.1. The summed E-state index contributed by atoms with van der Waals surface area (Å²) in [7, 11) is 0. The Morgan fingerprint density at radius 3 is 1.93 bits per heavy atom. The highest BCUT2D eigenvalue weighted by molar-refractivity contribution is 8.70. The van der Waals surface area contributed by atoms with E-state index in [4.69, 9.17) is 33.5 Å². The van der Waals surface area contributed by atoms with Crippen LogP contribution in [-0.4, -0.2) is 12.7 Å². The van der Waals surface area contributed by atoms with Gasteiger partial charge in [-0.3, -0.25) is 4.52 Å². The van der Waals surface area contributed by atoms with Gasteiger partial charge in [0.05, 0.1) is 12.7 Å². The molecule has 0 heterocycles. The van der Waals surface area contributed by atoms with Crippen LogP contribution in [-0.2, 0) is 33.5 Å². The maximum atomic E-state index is 5.62. The molecule has 15 heavy (non-hydrogen) atoms. The average Bonchev–Trinajstić information content (AvgIpc) is 1.98. The van der Waals surface area contributed by atoms with Crippen LogP contribution in [0, 0.1) is 11.8 Å². The molecule has 0 N–H and O–H groups in total. The van der Waals surface area contributed by atoms with Gasteiger partial charge in [-0.15, -0.1) is 0 Å². The molecular weight excluding hydrogens is 247 g/mol. The molecule has 92 valence electrons. The van der Waals surface area contributed by atoms with Crippen molar-refractivity contribution in [3.63, 3.8) is 0 Å². The summed E-state index contributed by atoms with van der Waals surface area (Å²) in [6.07, 6.45) is -1.37. The maximum Gasteiger partial charge on any atom is 0.0973 e. The third-order valence-corrected chi connectivity index (χ3v) is 3.91. The molecule has 0 aromatic carbocycles. The Morgan fingerprint density at radius 2 is 1.53 bits per heavy atom. The Morgan fingerprint density at radius 1 is 1.00 bits per heavy atom. The predicted octanol–water partition coefficient (Wildman–Crippen LogP) is 3.88. The lowest BCUT2D eigenvalue weighted by Crippen LogP contribution is -2.13. The molecule has 0 aliphatic carbocycles. The molecule has 5 heteroatoms. The lowest BCUT2D eigenvalue weighted by molar-refractivity contribution is 0.169. The summed E-state index contributed by atoms with van der Waals surface area (Å²) in [5.74, 6) is 1.04. The van der Waals surface area contributed by atoms with Crippen LogP contribution in [0.3, 0.4) is 0 Å². The topological polar surface area (TPSA) is 18.5 Å². The fourth-order valence-corrected chi connectivity index (χ4v) is 3.51. The van der Waals surface area contributed by atoms with Gasteiger partial charge in [-0.25, -0.2) is 4.52 Å². The van der Waals surface area contributed by atoms with Crippen molar-refractivity contribution in [3.8, 4) is 0 Å². The van der Waals surface area contributed by atoms with Crippen molar-refractivity contribution in [2.75, 3.05) is 6.61 Å². The van der Waals surface area contributed by atoms with Gasteiger partial charge in [0, 0.05) is 6.12 Å². The summed E-state index contributed by atoms with van der Waals surface area (Å²) in [5, 5.41) is 0. The number of hydrogen-bond donors (Lipinski definition) is 0. The Balaban J connectivity index is 3.90. The van der Waals surface area contributed by atoms with Gasteiger partial charge in [0.15, 0.2) is 0 Å². The largest absolute Gasteiger partial charge is 0.516 e. The van der Waals surface area contributed by atoms with E-state index in [9.17, 15) is 0 Å². The van der Waals surface area contributed by atoms with E-state index in [0.717, 1.165) is 6.42 Å². The Labute approximate surface area is 105 Å². The van der Waals surface area contributed by atoms with Crippen molar-refractivity contribution in [2.24, 2.45) is 11.8 Å². The molecule has 0 bridgehead atoms. The average molecular weight is 269 g/mol. The zero-order valence-corrected chi connectivity index (χ0v) is 12.8. The third kappa shape index (κ3) is 9.95. The second kappa shape index (κ2) is 7.39. The van der Waals surface area contributed by atoms with Gasteiger partial charge < -0.3 is 24.5 Å². The van der Waals surface area contributed by atoms with Gasteiger partial charge in [0.1, 0.15) is 0 Å². The van der Waals surface area contributed by atoms with Gasteiger partial charge in [-0.2, -0.15) is 0 Å². The lowest BCUT2D eigenvalue weighted by Gasteiger charge is -2.37. The first-order valence-electron chi connectivity index (χ1n) is 5.37. The zero-order valence-electron chi connectivity index (χ0n) is 10.2. The van der Waals surface area contributed by atoms with E-state index in [1.165, 1.54) is 0 Å². The quantitative estimate of drug-likeness (QED) is 0.515. The van der Waals surface area contributed by atoms with E-state index in [-0.39, 0.29) is 6.10 Å². The van der Waals surface area contributed by atoms with Crippen molar-refractivity contribution in [1.29, 1.82) is 0 Å². The van der Waals surface area contributed by atoms with Crippen LogP contribution in [0.4, 0.5) is 0 Å². The van der Waals surface area contributed by atoms with Gasteiger partial charge in [0.2, 0.25) is 0 Å². The Bertz CT molecular complexity index is 175. The summed E-state index contributed by atoms with van der Waals surface area (Å²) in [6, 6.07) is 0. The molecular formula is C10H22O2PS2-. The first-order valence-corrected chi connectivity index (χ1v) is 9.02. The molecule has 0 aliphatic heterocycles. The molecule has 0 aromatic rings. The smallest absolute Gasteiger partial charge is 0.0973 e. The molecule has 2 nitrogen and oxygen atoms in total. The van der Waals surface area contributed by atoms with Gasteiger partial charge in [-0.1, -0.05) is 27.7 Å². The summed E-state index contributed by atoms with van der Waals surface area (Å²) >= 11 is 10.3. The third-order valence-electron chi connectivity index (χ3n) is 1.68. The van der Waals surface area contributed by atoms with E-state index in [1.54, 1.807) is 0 Å². The summed E-state index contributed by atoms with van der Waals surface area (Å²) in [6.45, 7) is 11.1. The highest BCUT2D eigenvalue weighted by atomic mass is 33.1. The van der Waals surface area contributed by atoms with Crippen LogP contribution >= 0.6 is 6.12 Å². The van der Waals surface area contributed by atoms with E-state index in [2.05, 4.69) is 27.7 Å². The monoisotopic (exact) mass is 269 g/mol. The number of hydrogen-bond acceptors (Lipinski definition) is 4. The molecule has 0 aromatic heterocycles. The molecule has 0 fully saturated rings. The molecule has 0 radical (unpaired) electrons. The minimum absolute atomic E-state index is 0.0977. The molecule has 0 aliphatic rings. The van der Waals surface area contributed by atoms with Crippen LogP contribution in [0.15, 0.2) is 0 Å². The van der Waals surface area contributed by atoms with Crippen molar-refractivity contribution >= 4 is 30.6 Å². The summed E-state index contributed by atoms with van der Waals surface area (Å²) in [4.78, 5) is 0. The second-order valence-corrected chi connectivity index (χ2v) is 9.62. The first-order chi connectivity index (χ1) is 6.73. The zero-order chi connectivity index (χ0) is 12.1. The standard InChI is InChI=1S/C10H23O2PS2/c1-8(2)6-10(5)12-13(14,15)11-7-9(3)4/h8-10H,6-7H2,1-5H3,(H,14,15)/p-1. The van der Waals surface area contributed by atoms with Gasteiger partial charge in [0.25, 0.3) is 0 Å². The van der Waals surface area contributed by atoms with E-state index >= 15 is 0 Å². The molecule has 0 saturated heterocycles. The van der Waals surface area contributed by atoms with E-state index < -0.39 is 6.12 Å². The Hall–Kier alpha value is 1.05. The molecule has 0 spiro atoms. The Kier molecular flexibility index (Phi) is 7.91. The molecule has 1 atom stereocenters. The van der Waals surface area contributed by atoms with Crippen LogP contribution < -0.4 is 0 Å². The SMILES string of the molecule is CC(C)CO[P+]([S-])([S-])OC(C)CC(C)C. The fourth-order valence-electron chi connectivity index (χ4n) is 1.20. The maximum absolute atomic E-state index is 5.62. The predicted molar refractivity (Wildman–Crippen MR) is 72.4 cm³/mol. The van der Waals surface area contributed by atoms with Crippen LogP contribution in [0.1, 0.15) is 41.0 Å². The van der Waals surface area contributed by atoms with Crippen LogP contribution in [0.25, 0.3) is 0 Å². The van der Waals surface area contributed by atoms with Crippen molar-refractivity contribution in [3.05, 3.63) is 0 Å².